The van der Waals surface area contributed by atoms with Crippen LogP contribution in [0.4, 0.5) is 5.69 Å². The summed E-state index contributed by atoms with van der Waals surface area (Å²) in [7, 11) is -3.90. The molecule has 0 saturated heterocycles. The van der Waals surface area contributed by atoms with Crippen molar-refractivity contribution < 1.29 is 13.2 Å². The average Bonchev–Trinajstić information content (AvgIpc) is 2.52. The molecule has 0 aliphatic heterocycles. The van der Waals surface area contributed by atoms with Gasteiger partial charge >= 0.3 is 0 Å². The van der Waals surface area contributed by atoms with Crippen molar-refractivity contribution in [2.75, 3.05) is 10.8 Å². The third-order valence-corrected chi connectivity index (χ3v) is 5.47. The maximum Gasteiger partial charge on any atom is 0.264 e. The summed E-state index contributed by atoms with van der Waals surface area (Å²) in [6, 6.07) is 12.8. The zero-order valence-electron chi connectivity index (χ0n) is 14.4. The molecule has 7 heteroatoms. The van der Waals surface area contributed by atoms with Gasteiger partial charge in [0.25, 0.3) is 10.0 Å². The van der Waals surface area contributed by atoms with Gasteiger partial charge in [0.05, 0.1) is 10.6 Å². The highest BCUT2D eigenvalue weighted by Crippen LogP contribution is 2.25. The molecule has 134 valence electrons. The molecule has 0 unspecified atom stereocenters. The number of carbonyl (C=O) groups excluding carboxylic acids is 1. The first-order chi connectivity index (χ1) is 11.7. The number of anilines is 1. The molecule has 0 aliphatic carbocycles. The smallest absolute Gasteiger partial charge is 0.264 e. The van der Waals surface area contributed by atoms with Crippen LogP contribution in [0.3, 0.4) is 0 Å². The fourth-order valence-corrected chi connectivity index (χ4v) is 3.87. The Kier molecular flexibility index (Phi) is 6.08. The van der Waals surface area contributed by atoms with Gasteiger partial charge in [-0.05, 0) is 62.7 Å². The van der Waals surface area contributed by atoms with Gasteiger partial charge in [0.2, 0.25) is 5.91 Å². The minimum absolute atomic E-state index is 0.0786. The minimum atomic E-state index is -3.90. The molecular formula is C18H21ClN2O3S. The second-order valence-electron chi connectivity index (χ2n) is 6.03. The molecule has 0 spiro atoms. The summed E-state index contributed by atoms with van der Waals surface area (Å²) in [6.45, 7) is 5.21. The second-order valence-corrected chi connectivity index (χ2v) is 8.33. The van der Waals surface area contributed by atoms with Crippen molar-refractivity contribution in [2.45, 2.75) is 31.7 Å². The summed E-state index contributed by atoms with van der Waals surface area (Å²) in [6.07, 6.45) is 0. The molecule has 0 aliphatic rings. The predicted octanol–water partition coefficient (Wildman–Crippen LogP) is 3.37. The van der Waals surface area contributed by atoms with Crippen LogP contribution in [0.1, 0.15) is 19.4 Å². The summed E-state index contributed by atoms with van der Waals surface area (Å²) in [5.74, 6) is -0.367. The fourth-order valence-electron chi connectivity index (χ4n) is 2.33. The number of benzene rings is 2. The quantitative estimate of drug-likeness (QED) is 0.835. The van der Waals surface area contributed by atoms with E-state index < -0.39 is 10.0 Å². The SMILES string of the molecule is Cc1cccc(N(CC(=O)NC(C)C)S(=O)(=O)c2ccc(Cl)cc2)c1. The predicted molar refractivity (Wildman–Crippen MR) is 100 cm³/mol. The van der Waals surface area contributed by atoms with Gasteiger partial charge in [-0.3, -0.25) is 9.10 Å². The fraction of sp³-hybridized carbons (Fsp3) is 0.278. The normalized spacial score (nSPS) is 11.4. The van der Waals surface area contributed by atoms with Crippen molar-refractivity contribution in [2.24, 2.45) is 0 Å². The van der Waals surface area contributed by atoms with Crippen LogP contribution in [0, 0.1) is 6.92 Å². The Hall–Kier alpha value is -2.05. The van der Waals surface area contributed by atoms with Crippen molar-refractivity contribution in [1.29, 1.82) is 0 Å². The Morgan fingerprint density at radius 1 is 1.16 bits per heavy atom. The lowest BCUT2D eigenvalue weighted by Crippen LogP contribution is -2.42. The molecule has 25 heavy (non-hydrogen) atoms. The molecule has 0 aromatic heterocycles. The molecule has 0 atom stereocenters. The van der Waals surface area contributed by atoms with Gasteiger partial charge in [-0.15, -0.1) is 0 Å². The number of carbonyl (C=O) groups is 1. The first-order valence-electron chi connectivity index (χ1n) is 7.84. The zero-order chi connectivity index (χ0) is 18.6. The van der Waals surface area contributed by atoms with Gasteiger partial charge in [0.1, 0.15) is 6.54 Å². The van der Waals surface area contributed by atoms with Crippen molar-refractivity contribution in [3.05, 3.63) is 59.1 Å². The average molecular weight is 381 g/mol. The van der Waals surface area contributed by atoms with Crippen LogP contribution >= 0.6 is 11.6 Å². The second kappa shape index (κ2) is 7.89. The summed E-state index contributed by atoms with van der Waals surface area (Å²) < 4.78 is 27.3. The third kappa shape index (κ3) is 4.96. The monoisotopic (exact) mass is 380 g/mol. The Morgan fingerprint density at radius 2 is 1.80 bits per heavy atom. The van der Waals surface area contributed by atoms with Crippen molar-refractivity contribution in [1.82, 2.24) is 5.32 Å². The standard InChI is InChI=1S/C18H21ClN2O3S/c1-13(2)20-18(22)12-21(16-6-4-5-14(3)11-16)25(23,24)17-9-7-15(19)8-10-17/h4-11,13H,12H2,1-3H3,(H,20,22). The Labute approximate surface area is 153 Å². The number of nitrogens with one attached hydrogen (secondary N) is 1. The molecule has 1 amide bonds. The van der Waals surface area contributed by atoms with Crippen molar-refractivity contribution in [3.8, 4) is 0 Å². The van der Waals surface area contributed by atoms with Gasteiger partial charge in [-0.2, -0.15) is 0 Å². The van der Waals surface area contributed by atoms with E-state index in [2.05, 4.69) is 5.32 Å². The topological polar surface area (TPSA) is 66.5 Å². The van der Waals surface area contributed by atoms with E-state index in [0.717, 1.165) is 9.87 Å². The summed E-state index contributed by atoms with van der Waals surface area (Å²) >= 11 is 5.85. The largest absolute Gasteiger partial charge is 0.352 e. The van der Waals surface area contributed by atoms with Crippen LogP contribution in [-0.2, 0) is 14.8 Å². The van der Waals surface area contributed by atoms with E-state index in [0.29, 0.717) is 10.7 Å². The lowest BCUT2D eigenvalue weighted by atomic mass is 10.2. The molecule has 2 rings (SSSR count). The van der Waals surface area contributed by atoms with Gasteiger partial charge in [0, 0.05) is 11.1 Å². The van der Waals surface area contributed by atoms with Crippen LogP contribution < -0.4 is 9.62 Å². The number of aryl methyl sites for hydroxylation is 1. The first-order valence-corrected chi connectivity index (χ1v) is 9.66. The van der Waals surface area contributed by atoms with E-state index in [4.69, 9.17) is 11.6 Å². The van der Waals surface area contributed by atoms with Crippen LogP contribution in [0.25, 0.3) is 0 Å². The number of rotatable bonds is 6. The van der Waals surface area contributed by atoms with E-state index in [1.807, 2.05) is 26.8 Å². The molecule has 2 aromatic carbocycles. The van der Waals surface area contributed by atoms with Gasteiger partial charge in [-0.25, -0.2) is 8.42 Å². The van der Waals surface area contributed by atoms with E-state index in [-0.39, 0.29) is 23.4 Å². The Morgan fingerprint density at radius 3 is 2.36 bits per heavy atom. The number of nitrogens with zero attached hydrogens (tertiary/aromatic N) is 1. The lowest BCUT2D eigenvalue weighted by molar-refractivity contribution is -0.120. The molecule has 0 fully saturated rings. The summed E-state index contributed by atoms with van der Waals surface area (Å²) in [5, 5.41) is 3.17. The number of hydrogen-bond acceptors (Lipinski definition) is 3. The molecule has 0 saturated carbocycles. The van der Waals surface area contributed by atoms with Crippen LogP contribution in [-0.4, -0.2) is 26.9 Å². The Bertz CT molecular complexity index is 849. The van der Waals surface area contributed by atoms with E-state index >= 15 is 0 Å². The molecular weight excluding hydrogens is 360 g/mol. The highest BCUT2D eigenvalue weighted by atomic mass is 35.5. The highest BCUT2D eigenvalue weighted by Gasteiger charge is 2.27. The lowest BCUT2D eigenvalue weighted by Gasteiger charge is -2.25. The molecule has 0 bridgehead atoms. The van der Waals surface area contributed by atoms with Crippen LogP contribution in [0.15, 0.2) is 53.4 Å². The number of hydrogen-bond donors (Lipinski definition) is 1. The summed E-state index contributed by atoms with van der Waals surface area (Å²) in [4.78, 5) is 12.3. The molecule has 1 N–H and O–H groups in total. The van der Waals surface area contributed by atoms with Crippen molar-refractivity contribution in [3.63, 3.8) is 0 Å². The molecule has 2 aromatic rings. The van der Waals surface area contributed by atoms with Gasteiger partial charge in [0.15, 0.2) is 0 Å². The maximum absolute atomic E-state index is 13.1. The molecule has 0 heterocycles. The van der Waals surface area contributed by atoms with Gasteiger partial charge in [-0.1, -0.05) is 23.7 Å². The number of sulfonamides is 1. The van der Waals surface area contributed by atoms with Gasteiger partial charge < -0.3 is 5.32 Å². The van der Waals surface area contributed by atoms with Crippen molar-refractivity contribution >= 4 is 33.2 Å². The van der Waals surface area contributed by atoms with E-state index in [1.54, 1.807) is 18.2 Å². The molecule has 5 nitrogen and oxygen atoms in total. The Balaban J connectivity index is 2.46. The maximum atomic E-state index is 13.1. The first kappa shape index (κ1) is 19.3. The van der Waals surface area contributed by atoms with Crippen LogP contribution in [0.2, 0.25) is 5.02 Å². The number of amides is 1. The third-order valence-electron chi connectivity index (χ3n) is 3.43. The molecule has 0 radical (unpaired) electrons. The summed E-state index contributed by atoms with van der Waals surface area (Å²) in [5.41, 5.74) is 1.34. The minimum Gasteiger partial charge on any atom is -0.352 e. The zero-order valence-corrected chi connectivity index (χ0v) is 15.9. The van der Waals surface area contributed by atoms with E-state index in [9.17, 15) is 13.2 Å². The highest BCUT2D eigenvalue weighted by molar-refractivity contribution is 7.92. The number of halogens is 1. The van der Waals surface area contributed by atoms with E-state index in [1.165, 1.54) is 24.3 Å². The van der Waals surface area contributed by atoms with Crippen LogP contribution in [0.5, 0.6) is 0 Å².